The summed E-state index contributed by atoms with van der Waals surface area (Å²) in [6.45, 7) is 7.31. The van der Waals surface area contributed by atoms with Gasteiger partial charge in [0, 0.05) is 17.8 Å². The quantitative estimate of drug-likeness (QED) is 0.651. The van der Waals surface area contributed by atoms with Gasteiger partial charge in [0.1, 0.15) is 0 Å². The van der Waals surface area contributed by atoms with Gasteiger partial charge in [0.25, 0.3) is 4.84 Å². The molecule has 0 aromatic carbocycles. The molecule has 5 nitrogen and oxygen atoms in total. The summed E-state index contributed by atoms with van der Waals surface area (Å²) in [5.74, 6) is 0.615. The van der Waals surface area contributed by atoms with Crippen LogP contribution in [0.15, 0.2) is 4.42 Å². The van der Waals surface area contributed by atoms with Gasteiger partial charge in [0.15, 0.2) is 0 Å². The second-order valence-corrected chi connectivity index (χ2v) is 5.13. The molecule has 2 aromatic rings. The summed E-state index contributed by atoms with van der Waals surface area (Å²) in [5.41, 5.74) is 3.41. The van der Waals surface area contributed by atoms with Crippen LogP contribution in [0.2, 0.25) is 0 Å². The minimum atomic E-state index is 0.320. The van der Waals surface area contributed by atoms with E-state index in [1.54, 1.807) is 0 Å². The van der Waals surface area contributed by atoms with E-state index in [2.05, 4.69) is 33.8 Å². The van der Waals surface area contributed by atoms with E-state index in [9.17, 15) is 0 Å². The Morgan fingerprint density at radius 3 is 2.74 bits per heavy atom. The molecule has 0 aliphatic carbocycles. The van der Waals surface area contributed by atoms with Gasteiger partial charge in [-0.2, -0.15) is 5.10 Å². The van der Waals surface area contributed by atoms with Gasteiger partial charge < -0.3 is 4.42 Å². The van der Waals surface area contributed by atoms with E-state index in [4.69, 9.17) is 16.6 Å². The molecule has 0 saturated carbocycles. The van der Waals surface area contributed by atoms with Crippen LogP contribution in [-0.4, -0.2) is 20.0 Å². The molecule has 104 valence electrons. The molecular formula is C13H20N4OS. The van der Waals surface area contributed by atoms with Gasteiger partial charge in [-0.15, -0.1) is 5.10 Å². The second-order valence-electron chi connectivity index (χ2n) is 4.76. The molecule has 2 heterocycles. The molecule has 2 aromatic heterocycles. The molecule has 0 amide bonds. The normalized spacial score (nSPS) is 11.1. The van der Waals surface area contributed by atoms with Crippen molar-refractivity contribution in [2.75, 3.05) is 0 Å². The van der Waals surface area contributed by atoms with Crippen molar-refractivity contribution in [3.63, 3.8) is 0 Å². The van der Waals surface area contributed by atoms with Crippen LogP contribution in [0.3, 0.4) is 0 Å². The van der Waals surface area contributed by atoms with Gasteiger partial charge in [-0.05, 0) is 32.5 Å². The molecule has 1 N–H and O–H groups in total. The van der Waals surface area contributed by atoms with Crippen LogP contribution in [0.5, 0.6) is 0 Å². The number of nitrogens with one attached hydrogen (secondary N) is 1. The zero-order chi connectivity index (χ0) is 13.8. The van der Waals surface area contributed by atoms with E-state index in [1.165, 1.54) is 30.5 Å². The fraction of sp³-hybridized carbons (Fsp3) is 0.615. The molecule has 0 radical (unpaired) electrons. The Morgan fingerprint density at radius 2 is 2.11 bits per heavy atom. The average Bonchev–Trinajstić information content (AvgIpc) is 2.89. The number of aryl methyl sites for hydroxylation is 2. The minimum absolute atomic E-state index is 0.320. The molecule has 0 fully saturated rings. The van der Waals surface area contributed by atoms with Crippen LogP contribution >= 0.6 is 12.2 Å². The molecule has 6 heteroatoms. The van der Waals surface area contributed by atoms with Gasteiger partial charge in [-0.3, -0.25) is 4.68 Å². The third kappa shape index (κ3) is 3.32. The zero-order valence-electron chi connectivity index (χ0n) is 11.7. The van der Waals surface area contributed by atoms with Gasteiger partial charge in [0.2, 0.25) is 5.89 Å². The molecule has 19 heavy (non-hydrogen) atoms. The van der Waals surface area contributed by atoms with Crippen LogP contribution in [0.4, 0.5) is 0 Å². The zero-order valence-corrected chi connectivity index (χ0v) is 12.5. The fourth-order valence-electron chi connectivity index (χ4n) is 2.21. The Kier molecular flexibility index (Phi) is 4.52. The lowest BCUT2D eigenvalue weighted by molar-refractivity contribution is 0.490. The monoisotopic (exact) mass is 280 g/mol. The maximum absolute atomic E-state index is 5.32. The Balaban J connectivity index is 2.14. The largest absolute Gasteiger partial charge is 0.414 e. The van der Waals surface area contributed by atoms with Crippen molar-refractivity contribution < 1.29 is 4.42 Å². The summed E-state index contributed by atoms with van der Waals surface area (Å²) in [7, 11) is 0. The number of rotatable bonds is 6. The van der Waals surface area contributed by atoms with Crippen molar-refractivity contribution in [1.82, 2.24) is 20.0 Å². The van der Waals surface area contributed by atoms with E-state index in [1.807, 2.05) is 6.92 Å². The Bertz CT molecular complexity index is 596. The molecule has 0 saturated heterocycles. The van der Waals surface area contributed by atoms with Gasteiger partial charge in [0.05, 0.1) is 12.1 Å². The highest BCUT2D eigenvalue weighted by atomic mass is 32.1. The van der Waals surface area contributed by atoms with Crippen molar-refractivity contribution >= 4 is 12.2 Å². The average molecular weight is 280 g/mol. The predicted molar refractivity (Wildman–Crippen MR) is 75.7 cm³/mol. The summed E-state index contributed by atoms with van der Waals surface area (Å²) in [5, 5.41) is 11.3. The van der Waals surface area contributed by atoms with Crippen LogP contribution in [0.25, 0.3) is 0 Å². The topological polar surface area (TPSA) is 59.6 Å². The molecule has 0 aliphatic rings. The smallest absolute Gasteiger partial charge is 0.284 e. The Labute approximate surface area is 118 Å². The number of H-pyrrole nitrogens is 1. The maximum atomic E-state index is 5.32. The predicted octanol–water partition coefficient (Wildman–Crippen LogP) is 3.33. The van der Waals surface area contributed by atoms with Crippen LogP contribution < -0.4 is 0 Å². The number of aromatic amines is 1. The van der Waals surface area contributed by atoms with E-state index in [-0.39, 0.29) is 0 Å². The first-order valence-electron chi connectivity index (χ1n) is 6.69. The van der Waals surface area contributed by atoms with Gasteiger partial charge >= 0.3 is 0 Å². The van der Waals surface area contributed by atoms with Crippen LogP contribution in [0, 0.1) is 18.7 Å². The van der Waals surface area contributed by atoms with Crippen LogP contribution in [-0.2, 0) is 13.0 Å². The van der Waals surface area contributed by atoms with Gasteiger partial charge in [-0.1, -0.05) is 19.8 Å². The summed E-state index contributed by atoms with van der Waals surface area (Å²) >= 11 is 4.89. The lowest BCUT2D eigenvalue weighted by atomic mass is 10.1. The number of unbranched alkanes of at least 4 members (excludes halogenated alkanes) is 2. The number of aromatic nitrogens is 4. The lowest BCUT2D eigenvalue weighted by Gasteiger charge is -2.04. The van der Waals surface area contributed by atoms with Crippen molar-refractivity contribution in [2.45, 2.75) is 53.0 Å². The van der Waals surface area contributed by atoms with Crippen molar-refractivity contribution in [3.05, 3.63) is 27.7 Å². The molecule has 0 spiro atoms. The Morgan fingerprint density at radius 1 is 1.32 bits per heavy atom. The highest BCUT2D eigenvalue weighted by Crippen LogP contribution is 2.17. The van der Waals surface area contributed by atoms with Crippen molar-refractivity contribution in [1.29, 1.82) is 0 Å². The summed E-state index contributed by atoms with van der Waals surface area (Å²) in [6, 6.07) is 0. The molecule has 0 atom stereocenters. The molecule has 0 bridgehead atoms. The van der Waals surface area contributed by atoms with Crippen molar-refractivity contribution in [2.24, 2.45) is 0 Å². The maximum Gasteiger partial charge on any atom is 0.284 e. The first-order valence-corrected chi connectivity index (χ1v) is 7.10. The highest BCUT2D eigenvalue weighted by Gasteiger charge is 2.14. The Hall–Kier alpha value is -1.43. The molecular weight excluding hydrogens is 260 g/mol. The third-order valence-electron chi connectivity index (χ3n) is 3.32. The van der Waals surface area contributed by atoms with Gasteiger partial charge in [-0.25, -0.2) is 5.10 Å². The van der Waals surface area contributed by atoms with E-state index < -0.39 is 0 Å². The molecule has 0 aliphatic heterocycles. The lowest BCUT2D eigenvalue weighted by Crippen LogP contribution is -2.03. The fourth-order valence-corrected chi connectivity index (χ4v) is 2.35. The third-order valence-corrected chi connectivity index (χ3v) is 3.49. The first-order chi connectivity index (χ1) is 9.11. The number of hydrogen-bond donors (Lipinski definition) is 1. The summed E-state index contributed by atoms with van der Waals surface area (Å²) in [6.07, 6.45) is 4.27. The minimum Gasteiger partial charge on any atom is -0.414 e. The second kappa shape index (κ2) is 6.14. The van der Waals surface area contributed by atoms with E-state index >= 15 is 0 Å². The van der Waals surface area contributed by atoms with E-state index in [0.717, 1.165) is 12.2 Å². The number of hydrogen-bond acceptors (Lipinski definition) is 4. The molecule has 0 unspecified atom stereocenters. The highest BCUT2D eigenvalue weighted by molar-refractivity contribution is 7.71. The molecule has 2 rings (SSSR count). The van der Waals surface area contributed by atoms with E-state index in [0.29, 0.717) is 17.1 Å². The summed E-state index contributed by atoms with van der Waals surface area (Å²) in [4.78, 5) is 0.320. The standard InChI is InChI=1S/C13H20N4OS/c1-4-5-6-7-17-10(3)11(9(2)16-17)8-12-14-15-13(19)18-12/h4-8H2,1-3H3,(H,15,19). The van der Waals surface area contributed by atoms with Crippen LogP contribution in [0.1, 0.15) is 49.0 Å². The first kappa shape index (κ1) is 14.0. The summed E-state index contributed by atoms with van der Waals surface area (Å²) < 4.78 is 7.40. The van der Waals surface area contributed by atoms with Crippen molar-refractivity contribution in [3.8, 4) is 0 Å². The number of nitrogens with zero attached hydrogens (tertiary/aromatic N) is 3. The SMILES string of the molecule is CCCCCn1nc(C)c(Cc2n[nH]c(=S)o2)c1C.